The summed E-state index contributed by atoms with van der Waals surface area (Å²) in [5, 5.41) is 32.8. The molecule has 1 aliphatic carbocycles. The molecule has 1 N–H and O–H groups in total. The van der Waals surface area contributed by atoms with Crippen molar-refractivity contribution >= 4 is 11.6 Å². The van der Waals surface area contributed by atoms with Crippen molar-refractivity contribution in [2.75, 3.05) is 20.6 Å². The van der Waals surface area contributed by atoms with Crippen molar-refractivity contribution in [1.29, 1.82) is 10.5 Å². The summed E-state index contributed by atoms with van der Waals surface area (Å²) in [5.74, 6) is -1.10. The van der Waals surface area contributed by atoms with Crippen molar-refractivity contribution in [3.63, 3.8) is 0 Å². The van der Waals surface area contributed by atoms with Crippen LogP contribution in [0.25, 0.3) is 0 Å². The summed E-state index contributed by atoms with van der Waals surface area (Å²) < 4.78 is 6.72. The topological polar surface area (TPSA) is 93.2 Å². The zero-order chi connectivity index (χ0) is 24.1. The van der Waals surface area contributed by atoms with Crippen LogP contribution in [0, 0.1) is 34.5 Å². The van der Waals surface area contributed by atoms with Crippen molar-refractivity contribution in [2.24, 2.45) is 11.8 Å². The molecule has 0 bridgehead atoms. The quantitative estimate of drug-likeness (QED) is 0.614. The Balaban J connectivity index is 1.86. The van der Waals surface area contributed by atoms with Gasteiger partial charge in [-0.15, -0.1) is 0 Å². The van der Waals surface area contributed by atoms with Gasteiger partial charge in [0.15, 0.2) is 11.2 Å². The molecule has 2 heterocycles. The maximum Gasteiger partial charge on any atom is 0.177 e. The number of benzene rings is 2. The zero-order valence-corrected chi connectivity index (χ0v) is 19.6. The fraction of sp³-hybridized carbons (Fsp3) is 0.296. The van der Waals surface area contributed by atoms with Gasteiger partial charge < -0.3 is 14.7 Å². The van der Waals surface area contributed by atoms with Crippen molar-refractivity contribution in [1.82, 2.24) is 9.88 Å². The van der Waals surface area contributed by atoms with E-state index in [0.717, 1.165) is 5.56 Å². The molecule has 7 heteroatoms. The SMILES string of the molecule is CN(C)CC1C(C#N)C2(O)c3ncc(Cl)cc3OC2(c2ccc(C#N)cc2)C1c1ccccc1. The molecule has 1 saturated carbocycles. The molecule has 0 radical (unpaired) electrons. The molecule has 3 aromatic rings. The fourth-order valence-corrected chi connectivity index (χ4v) is 6.06. The molecular weight excluding hydrogens is 448 g/mol. The Labute approximate surface area is 203 Å². The minimum atomic E-state index is -1.74. The normalized spacial score (nSPS) is 29.1. The van der Waals surface area contributed by atoms with Gasteiger partial charge in [-0.2, -0.15) is 10.5 Å². The molecule has 2 aliphatic rings. The summed E-state index contributed by atoms with van der Waals surface area (Å²) in [7, 11) is 3.91. The van der Waals surface area contributed by atoms with Crippen LogP contribution in [0.2, 0.25) is 5.02 Å². The zero-order valence-electron chi connectivity index (χ0n) is 18.8. The second-order valence-corrected chi connectivity index (χ2v) is 9.65. The van der Waals surface area contributed by atoms with Gasteiger partial charge in [0.2, 0.25) is 0 Å². The molecule has 5 atom stereocenters. The number of rotatable bonds is 4. The number of halogens is 1. The van der Waals surface area contributed by atoms with Gasteiger partial charge >= 0.3 is 0 Å². The van der Waals surface area contributed by atoms with Gasteiger partial charge in [0.05, 0.1) is 28.6 Å². The second kappa shape index (κ2) is 8.11. The first-order valence-corrected chi connectivity index (χ1v) is 11.4. The lowest BCUT2D eigenvalue weighted by molar-refractivity contribution is -0.120. The van der Waals surface area contributed by atoms with Gasteiger partial charge in [0.1, 0.15) is 11.4 Å². The lowest BCUT2D eigenvalue weighted by Crippen LogP contribution is -2.50. The van der Waals surface area contributed by atoms with Crippen LogP contribution in [0.3, 0.4) is 0 Å². The predicted octanol–water partition coefficient (Wildman–Crippen LogP) is 4.20. The summed E-state index contributed by atoms with van der Waals surface area (Å²) in [6, 6.07) is 23.1. The highest BCUT2D eigenvalue weighted by molar-refractivity contribution is 6.30. The van der Waals surface area contributed by atoms with E-state index in [9.17, 15) is 15.6 Å². The average molecular weight is 471 g/mol. The highest BCUT2D eigenvalue weighted by atomic mass is 35.5. The van der Waals surface area contributed by atoms with E-state index in [1.807, 2.05) is 49.3 Å². The average Bonchev–Trinajstić information content (AvgIpc) is 3.20. The number of hydrogen-bond donors (Lipinski definition) is 1. The molecule has 170 valence electrons. The first-order chi connectivity index (χ1) is 16.4. The van der Waals surface area contributed by atoms with Gasteiger partial charge in [0, 0.05) is 30.6 Å². The lowest BCUT2D eigenvalue weighted by Gasteiger charge is -2.40. The molecule has 5 unspecified atom stereocenters. The smallest absolute Gasteiger partial charge is 0.177 e. The van der Waals surface area contributed by atoms with Gasteiger partial charge in [-0.3, -0.25) is 4.98 Å². The van der Waals surface area contributed by atoms with E-state index in [1.165, 1.54) is 6.20 Å². The minimum Gasteiger partial charge on any atom is -0.476 e. The van der Waals surface area contributed by atoms with Crippen molar-refractivity contribution in [2.45, 2.75) is 17.1 Å². The molecule has 5 rings (SSSR count). The Bertz CT molecular complexity index is 1320. The fourth-order valence-electron chi connectivity index (χ4n) is 5.91. The third-order valence-electron chi connectivity index (χ3n) is 7.08. The van der Waals surface area contributed by atoms with E-state index in [1.54, 1.807) is 30.3 Å². The van der Waals surface area contributed by atoms with Crippen LogP contribution in [0.1, 0.15) is 28.3 Å². The van der Waals surface area contributed by atoms with Crippen molar-refractivity contribution < 1.29 is 9.84 Å². The van der Waals surface area contributed by atoms with E-state index < -0.39 is 17.1 Å². The molecule has 34 heavy (non-hydrogen) atoms. The molecule has 1 aromatic heterocycles. The first kappa shape index (κ1) is 22.4. The number of aromatic nitrogens is 1. The van der Waals surface area contributed by atoms with Crippen LogP contribution in [0.15, 0.2) is 66.9 Å². The molecule has 6 nitrogen and oxygen atoms in total. The number of pyridine rings is 1. The highest BCUT2D eigenvalue weighted by Gasteiger charge is 2.77. The monoisotopic (exact) mass is 470 g/mol. The Morgan fingerprint density at radius 3 is 2.44 bits per heavy atom. The molecule has 2 aromatic carbocycles. The van der Waals surface area contributed by atoms with E-state index >= 15 is 0 Å². The summed E-state index contributed by atoms with van der Waals surface area (Å²) in [5.41, 5.74) is -0.640. The summed E-state index contributed by atoms with van der Waals surface area (Å²) in [6.45, 7) is 0.560. The summed E-state index contributed by atoms with van der Waals surface area (Å²) in [4.78, 5) is 6.52. The Hall–Kier alpha value is -3.42. The molecular formula is C27H23ClN4O2. The van der Waals surface area contributed by atoms with Crippen LogP contribution in [0.4, 0.5) is 0 Å². The predicted molar refractivity (Wildman–Crippen MR) is 127 cm³/mol. The summed E-state index contributed by atoms with van der Waals surface area (Å²) >= 11 is 6.25. The van der Waals surface area contributed by atoms with Crippen LogP contribution in [-0.4, -0.2) is 35.6 Å². The van der Waals surface area contributed by atoms with Crippen LogP contribution in [0.5, 0.6) is 5.75 Å². The Morgan fingerprint density at radius 2 is 1.82 bits per heavy atom. The highest BCUT2D eigenvalue weighted by Crippen LogP contribution is 2.70. The molecule has 0 spiro atoms. The number of nitriles is 2. The number of nitrogens with zero attached hydrogens (tertiary/aromatic N) is 4. The Kier molecular flexibility index (Phi) is 5.34. The molecule has 1 aliphatic heterocycles. The maximum atomic E-state index is 12.6. The van der Waals surface area contributed by atoms with Crippen LogP contribution < -0.4 is 4.74 Å². The molecule has 0 amide bonds. The van der Waals surface area contributed by atoms with E-state index in [4.69, 9.17) is 16.3 Å². The van der Waals surface area contributed by atoms with Crippen molar-refractivity contribution in [3.05, 3.63) is 94.3 Å². The number of hydrogen-bond acceptors (Lipinski definition) is 6. The van der Waals surface area contributed by atoms with Crippen molar-refractivity contribution in [3.8, 4) is 17.9 Å². The first-order valence-electron chi connectivity index (χ1n) is 11.0. The van der Waals surface area contributed by atoms with Crippen LogP contribution >= 0.6 is 11.6 Å². The standard InChI is InChI=1S/C27H23ClN4O2/c1-32(2)16-21-22(14-30)26(33)25-23(12-20(28)15-31-25)34-27(26,19-10-8-17(13-29)9-11-19)24(21)18-6-4-3-5-7-18/h3-12,15,21-22,24,33H,16H2,1-2H3. The third-order valence-corrected chi connectivity index (χ3v) is 7.29. The summed E-state index contributed by atoms with van der Waals surface area (Å²) in [6.07, 6.45) is 1.47. The van der Waals surface area contributed by atoms with E-state index in [-0.39, 0.29) is 11.8 Å². The lowest BCUT2D eigenvalue weighted by atomic mass is 9.71. The number of ether oxygens (including phenoxy) is 1. The largest absolute Gasteiger partial charge is 0.476 e. The Morgan fingerprint density at radius 1 is 1.12 bits per heavy atom. The molecule has 1 fully saturated rings. The minimum absolute atomic E-state index is 0.270. The van der Waals surface area contributed by atoms with E-state index in [0.29, 0.717) is 34.1 Å². The van der Waals surface area contributed by atoms with Gasteiger partial charge in [-0.05, 0) is 37.4 Å². The number of fused-ring (bicyclic) bond motifs is 3. The van der Waals surface area contributed by atoms with Gasteiger partial charge in [0.25, 0.3) is 0 Å². The van der Waals surface area contributed by atoms with Crippen LogP contribution in [-0.2, 0) is 11.2 Å². The third kappa shape index (κ3) is 2.97. The van der Waals surface area contributed by atoms with E-state index in [2.05, 4.69) is 17.1 Å². The second-order valence-electron chi connectivity index (χ2n) is 9.21. The maximum absolute atomic E-state index is 12.6. The molecule has 0 saturated heterocycles. The van der Waals surface area contributed by atoms with Gasteiger partial charge in [-0.25, -0.2) is 0 Å². The number of aliphatic hydroxyl groups is 1. The van der Waals surface area contributed by atoms with Gasteiger partial charge in [-0.1, -0.05) is 54.1 Å².